The van der Waals surface area contributed by atoms with E-state index in [-0.39, 0.29) is 23.9 Å². The number of hydrogen-bond acceptors (Lipinski definition) is 6. The van der Waals surface area contributed by atoms with Crippen molar-refractivity contribution >= 4 is 38.7 Å². The number of aromatic nitrogens is 2. The molecule has 0 aliphatic rings. The molecule has 0 bridgehead atoms. The number of sulfonamides is 1. The van der Waals surface area contributed by atoms with Crippen LogP contribution in [0.25, 0.3) is 11.0 Å². The highest BCUT2D eigenvalue weighted by molar-refractivity contribution is 7.89. The lowest BCUT2D eigenvalue weighted by molar-refractivity contribution is 0.0954. The zero-order chi connectivity index (χ0) is 17.0. The summed E-state index contributed by atoms with van der Waals surface area (Å²) in [6.07, 6.45) is 0. The lowest BCUT2D eigenvalue weighted by Crippen LogP contribution is -2.34. The molecule has 2 aromatic carbocycles. The Morgan fingerprint density at radius 1 is 1.00 bits per heavy atom. The quantitative estimate of drug-likeness (QED) is 0.646. The molecule has 3 rings (SSSR count). The first kappa shape index (κ1) is 16.5. The molecule has 124 valence electrons. The second-order valence-corrected chi connectivity index (χ2v) is 7.17. The van der Waals surface area contributed by atoms with E-state index in [9.17, 15) is 13.2 Å². The summed E-state index contributed by atoms with van der Waals surface area (Å²) in [7, 11) is -3.72. The predicted octanol–water partition coefficient (Wildman–Crippen LogP) is 1.40. The molecular formula is C15H14N4O3S2. The van der Waals surface area contributed by atoms with Crippen LogP contribution in [0, 0.1) is 0 Å². The van der Waals surface area contributed by atoms with E-state index in [1.165, 1.54) is 6.07 Å². The SMILES string of the molecule is O=C(NCCNS(=O)(=O)c1cccc2nsnc12)c1ccccc1. The standard InChI is InChI=1S/C15H14N4O3S2/c20-15(11-5-2-1-3-6-11)16-9-10-17-24(21,22)13-8-4-7-12-14(13)19-23-18-12/h1-8,17H,9-10H2,(H,16,20). The number of hydrogen-bond donors (Lipinski definition) is 2. The van der Waals surface area contributed by atoms with Crippen molar-refractivity contribution in [2.45, 2.75) is 4.90 Å². The normalized spacial score (nSPS) is 11.5. The second-order valence-electron chi connectivity index (χ2n) is 4.91. The molecule has 0 radical (unpaired) electrons. The Kier molecular flexibility index (Phi) is 4.84. The van der Waals surface area contributed by atoms with Gasteiger partial charge >= 0.3 is 0 Å². The molecule has 7 nitrogen and oxygen atoms in total. The molecule has 1 amide bonds. The minimum Gasteiger partial charge on any atom is -0.351 e. The van der Waals surface area contributed by atoms with E-state index in [4.69, 9.17) is 0 Å². The number of carbonyl (C=O) groups is 1. The molecule has 0 atom stereocenters. The van der Waals surface area contributed by atoms with Crippen LogP contribution in [-0.2, 0) is 10.0 Å². The van der Waals surface area contributed by atoms with Gasteiger partial charge in [-0.2, -0.15) is 8.75 Å². The molecule has 0 saturated carbocycles. The predicted molar refractivity (Wildman–Crippen MR) is 91.4 cm³/mol. The summed E-state index contributed by atoms with van der Waals surface area (Å²) < 4.78 is 35.3. The molecule has 2 N–H and O–H groups in total. The van der Waals surface area contributed by atoms with Gasteiger partial charge < -0.3 is 5.32 Å². The van der Waals surface area contributed by atoms with E-state index in [1.54, 1.807) is 36.4 Å². The zero-order valence-electron chi connectivity index (χ0n) is 12.5. The Balaban J connectivity index is 1.60. The van der Waals surface area contributed by atoms with Crippen molar-refractivity contribution in [2.75, 3.05) is 13.1 Å². The van der Waals surface area contributed by atoms with Crippen LogP contribution in [0.4, 0.5) is 0 Å². The van der Waals surface area contributed by atoms with E-state index in [0.29, 0.717) is 16.6 Å². The van der Waals surface area contributed by atoms with Crippen LogP contribution in [0.3, 0.4) is 0 Å². The summed E-state index contributed by atoms with van der Waals surface area (Å²) in [4.78, 5) is 12.0. The maximum Gasteiger partial charge on any atom is 0.251 e. The van der Waals surface area contributed by atoms with Gasteiger partial charge in [0.15, 0.2) is 0 Å². The number of rotatable bonds is 6. The van der Waals surface area contributed by atoms with Crippen LogP contribution in [0.5, 0.6) is 0 Å². The monoisotopic (exact) mass is 362 g/mol. The topological polar surface area (TPSA) is 101 Å². The van der Waals surface area contributed by atoms with Gasteiger partial charge in [0.25, 0.3) is 5.91 Å². The maximum absolute atomic E-state index is 12.4. The van der Waals surface area contributed by atoms with E-state index in [1.807, 2.05) is 6.07 Å². The van der Waals surface area contributed by atoms with E-state index < -0.39 is 10.0 Å². The lowest BCUT2D eigenvalue weighted by Gasteiger charge is -2.08. The number of nitrogens with one attached hydrogen (secondary N) is 2. The van der Waals surface area contributed by atoms with Gasteiger partial charge in [0.2, 0.25) is 10.0 Å². The van der Waals surface area contributed by atoms with Gasteiger partial charge in [-0.1, -0.05) is 24.3 Å². The zero-order valence-corrected chi connectivity index (χ0v) is 14.1. The first-order chi connectivity index (χ1) is 11.6. The molecule has 0 spiro atoms. The Morgan fingerprint density at radius 2 is 1.79 bits per heavy atom. The van der Waals surface area contributed by atoms with Gasteiger partial charge in [0, 0.05) is 18.7 Å². The summed E-state index contributed by atoms with van der Waals surface area (Å²) in [6, 6.07) is 13.5. The third-order valence-corrected chi connectivity index (χ3v) is 5.31. The molecule has 1 heterocycles. The van der Waals surface area contributed by atoms with E-state index in [0.717, 1.165) is 11.7 Å². The molecule has 0 unspecified atom stereocenters. The first-order valence-corrected chi connectivity index (χ1v) is 9.33. The minimum absolute atomic E-state index is 0.0782. The largest absolute Gasteiger partial charge is 0.351 e. The molecule has 0 aliphatic heterocycles. The van der Waals surface area contributed by atoms with Crippen molar-refractivity contribution in [3.63, 3.8) is 0 Å². The van der Waals surface area contributed by atoms with Gasteiger partial charge in [-0.3, -0.25) is 4.79 Å². The van der Waals surface area contributed by atoms with Crippen LogP contribution in [0.1, 0.15) is 10.4 Å². The van der Waals surface area contributed by atoms with Crippen LogP contribution in [-0.4, -0.2) is 36.2 Å². The van der Waals surface area contributed by atoms with Crippen LogP contribution >= 0.6 is 11.7 Å². The highest BCUT2D eigenvalue weighted by Crippen LogP contribution is 2.20. The van der Waals surface area contributed by atoms with Crippen molar-refractivity contribution < 1.29 is 13.2 Å². The van der Waals surface area contributed by atoms with Gasteiger partial charge in [-0.15, -0.1) is 0 Å². The molecule has 9 heteroatoms. The Morgan fingerprint density at radius 3 is 2.58 bits per heavy atom. The first-order valence-electron chi connectivity index (χ1n) is 7.12. The average molecular weight is 362 g/mol. The Hall–Kier alpha value is -2.36. The highest BCUT2D eigenvalue weighted by Gasteiger charge is 2.19. The fraction of sp³-hybridized carbons (Fsp3) is 0.133. The van der Waals surface area contributed by atoms with Gasteiger partial charge in [0.05, 0.1) is 11.7 Å². The van der Waals surface area contributed by atoms with Crippen molar-refractivity contribution in [3.8, 4) is 0 Å². The van der Waals surface area contributed by atoms with Crippen LogP contribution in [0.15, 0.2) is 53.4 Å². The van der Waals surface area contributed by atoms with Crippen molar-refractivity contribution in [2.24, 2.45) is 0 Å². The molecule has 1 aromatic heterocycles. The second kappa shape index (κ2) is 7.04. The maximum atomic E-state index is 12.4. The Labute approximate surface area is 143 Å². The van der Waals surface area contributed by atoms with Crippen LogP contribution in [0.2, 0.25) is 0 Å². The summed E-state index contributed by atoms with van der Waals surface area (Å²) in [5.41, 5.74) is 1.42. The summed E-state index contributed by atoms with van der Waals surface area (Å²) >= 11 is 0.964. The molecule has 24 heavy (non-hydrogen) atoms. The molecule has 0 saturated heterocycles. The number of carbonyl (C=O) groups excluding carboxylic acids is 1. The molecule has 0 aliphatic carbocycles. The smallest absolute Gasteiger partial charge is 0.251 e. The summed E-state index contributed by atoms with van der Waals surface area (Å²) in [6.45, 7) is 0.257. The number of amides is 1. The third-order valence-electron chi connectivity index (χ3n) is 3.28. The van der Waals surface area contributed by atoms with Gasteiger partial charge in [0.1, 0.15) is 15.9 Å². The Bertz CT molecular complexity index is 955. The highest BCUT2D eigenvalue weighted by atomic mass is 32.2. The summed E-state index contributed by atoms with van der Waals surface area (Å²) in [5.74, 6) is -0.249. The van der Waals surface area contributed by atoms with Crippen molar-refractivity contribution in [1.82, 2.24) is 18.8 Å². The summed E-state index contributed by atoms with van der Waals surface area (Å²) in [5, 5.41) is 2.66. The lowest BCUT2D eigenvalue weighted by atomic mass is 10.2. The van der Waals surface area contributed by atoms with E-state index >= 15 is 0 Å². The van der Waals surface area contributed by atoms with Gasteiger partial charge in [-0.25, -0.2) is 13.1 Å². The fourth-order valence-corrected chi connectivity index (χ4v) is 3.93. The number of fused-ring (bicyclic) bond motifs is 1. The number of nitrogens with zero attached hydrogens (tertiary/aromatic N) is 2. The van der Waals surface area contributed by atoms with Crippen molar-refractivity contribution in [1.29, 1.82) is 0 Å². The minimum atomic E-state index is -3.72. The molecule has 3 aromatic rings. The fourth-order valence-electron chi connectivity index (χ4n) is 2.13. The van der Waals surface area contributed by atoms with Crippen LogP contribution < -0.4 is 10.0 Å². The van der Waals surface area contributed by atoms with Gasteiger partial charge in [-0.05, 0) is 24.3 Å². The number of benzene rings is 2. The third kappa shape index (κ3) is 3.58. The van der Waals surface area contributed by atoms with E-state index in [2.05, 4.69) is 18.8 Å². The molecule has 0 fully saturated rings. The average Bonchev–Trinajstić information content (AvgIpc) is 3.08. The molecular weight excluding hydrogens is 348 g/mol. The van der Waals surface area contributed by atoms with Crippen molar-refractivity contribution in [3.05, 3.63) is 54.1 Å².